The van der Waals surface area contributed by atoms with Crippen LogP contribution in [0.5, 0.6) is 0 Å². The van der Waals surface area contributed by atoms with E-state index in [-0.39, 0.29) is 5.91 Å². The lowest BCUT2D eigenvalue weighted by Gasteiger charge is -2.12. The van der Waals surface area contributed by atoms with Crippen molar-refractivity contribution in [3.8, 4) is 0 Å². The molecule has 0 radical (unpaired) electrons. The molecule has 0 bridgehead atoms. The van der Waals surface area contributed by atoms with Crippen molar-refractivity contribution in [3.05, 3.63) is 101 Å². The number of hydrogen-bond acceptors (Lipinski definition) is 2. The first-order valence-electron chi connectivity index (χ1n) is 11.9. The molecule has 0 aliphatic heterocycles. The molecule has 0 unspecified atom stereocenters. The zero-order chi connectivity index (χ0) is 23.0. The van der Waals surface area contributed by atoms with Crippen molar-refractivity contribution in [3.63, 3.8) is 0 Å². The van der Waals surface area contributed by atoms with Gasteiger partial charge in [-0.1, -0.05) is 67.1 Å². The van der Waals surface area contributed by atoms with E-state index in [1.165, 1.54) is 22.2 Å². The maximum absolute atomic E-state index is 12.2. The summed E-state index contributed by atoms with van der Waals surface area (Å²) in [5, 5.41) is 3.07. The zero-order valence-corrected chi connectivity index (χ0v) is 19.7. The Morgan fingerprint density at radius 1 is 0.818 bits per heavy atom. The van der Waals surface area contributed by atoms with Gasteiger partial charge in [0.15, 0.2) is 0 Å². The van der Waals surface area contributed by atoms with Gasteiger partial charge in [-0.2, -0.15) is 0 Å². The second-order valence-corrected chi connectivity index (χ2v) is 8.79. The van der Waals surface area contributed by atoms with Crippen LogP contribution in [0.1, 0.15) is 47.3 Å². The summed E-state index contributed by atoms with van der Waals surface area (Å²) in [6.45, 7) is 5.79. The minimum atomic E-state index is 0.101. The van der Waals surface area contributed by atoms with Gasteiger partial charge in [-0.3, -0.25) is 4.79 Å². The van der Waals surface area contributed by atoms with Crippen LogP contribution < -0.4 is 5.32 Å². The molecule has 0 aliphatic rings. The summed E-state index contributed by atoms with van der Waals surface area (Å²) in [5.41, 5.74) is 7.16. The monoisotopic (exact) mass is 439 g/mol. The minimum Gasteiger partial charge on any atom is -0.356 e. The molecule has 1 aromatic heterocycles. The molecule has 0 saturated carbocycles. The molecule has 1 heterocycles. The van der Waals surface area contributed by atoms with E-state index in [4.69, 9.17) is 4.98 Å². The molecule has 4 nitrogen and oxygen atoms in total. The quantitative estimate of drug-likeness (QED) is 0.319. The molecule has 4 aromatic rings. The lowest BCUT2D eigenvalue weighted by atomic mass is 10.1. The predicted octanol–water partition coefficient (Wildman–Crippen LogP) is 5.77. The van der Waals surface area contributed by atoms with E-state index in [0.717, 1.165) is 55.7 Å². The van der Waals surface area contributed by atoms with E-state index in [2.05, 4.69) is 78.3 Å². The molecule has 0 atom stereocenters. The Morgan fingerprint density at radius 2 is 1.48 bits per heavy atom. The first-order valence-corrected chi connectivity index (χ1v) is 11.9. The van der Waals surface area contributed by atoms with E-state index < -0.39 is 0 Å². The number of aromatic nitrogens is 2. The number of benzene rings is 3. The van der Waals surface area contributed by atoms with Crippen LogP contribution in [0, 0.1) is 13.8 Å². The molecule has 0 spiro atoms. The Balaban J connectivity index is 1.29. The first-order chi connectivity index (χ1) is 16.1. The number of carbonyl (C=O) groups excluding carboxylic acids is 1. The fraction of sp³-hybridized carbons (Fsp3) is 0.310. The molecule has 0 saturated heterocycles. The second kappa shape index (κ2) is 11.0. The second-order valence-electron chi connectivity index (χ2n) is 8.79. The smallest absolute Gasteiger partial charge is 0.224 e. The number of hydrogen-bond donors (Lipinski definition) is 1. The Labute approximate surface area is 196 Å². The first kappa shape index (κ1) is 22.8. The van der Waals surface area contributed by atoms with E-state index in [1.54, 1.807) is 0 Å². The number of aryl methyl sites for hydroxylation is 3. The van der Waals surface area contributed by atoms with E-state index in [1.807, 2.05) is 18.2 Å². The van der Waals surface area contributed by atoms with Crippen molar-refractivity contribution in [2.75, 3.05) is 6.54 Å². The van der Waals surface area contributed by atoms with Crippen LogP contribution in [-0.2, 0) is 24.2 Å². The van der Waals surface area contributed by atoms with Gasteiger partial charge in [0.1, 0.15) is 5.82 Å². The fourth-order valence-corrected chi connectivity index (χ4v) is 4.31. The van der Waals surface area contributed by atoms with E-state index in [9.17, 15) is 4.79 Å². The summed E-state index contributed by atoms with van der Waals surface area (Å²) in [5.74, 6) is 1.24. The molecule has 1 N–H and O–H groups in total. The Morgan fingerprint density at radius 3 is 2.24 bits per heavy atom. The van der Waals surface area contributed by atoms with Crippen LogP contribution in [-0.4, -0.2) is 22.0 Å². The third-order valence-corrected chi connectivity index (χ3v) is 6.33. The van der Waals surface area contributed by atoms with E-state index in [0.29, 0.717) is 6.42 Å². The van der Waals surface area contributed by atoms with Gasteiger partial charge in [-0.15, -0.1) is 0 Å². The average molecular weight is 440 g/mol. The molecule has 4 rings (SSSR count). The van der Waals surface area contributed by atoms with E-state index >= 15 is 0 Å². The van der Waals surface area contributed by atoms with Crippen LogP contribution in [0.15, 0.2) is 72.8 Å². The van der Waals surface area contributed by atoms with Crippen LogP contribution in [0.4, 0.5) is 0 Å². The number of nitrogens with one attached hydrogen (secondary N) is 1. The maximum Gasteiger partial charge on any atom is 0.224 e. The normalized spacial score (nSPS) is 11.1. The molecule has 0 fully saturated rings. The summed E-state index contributed by atoms with van der Waals surface area (Å²) in [7, 11) is 0. The number of imidazole rings is 1. The lowest BCUT2D eigenvalue weighted by Crippen LogP contribution is -2.26. The maximum atomic E-state index is 12.2. The average Bonchev–Trinajstić information content (AvgIpc) is 3.16. The topological polar surface area (TPSA) is 46.9 Å². The molecule has 33 heavy (non-hydrogen) atoms. The largest absolute Gasteiger partial charge is 0.356 e. The molecule has 4 heteroatoms. The summed E-state index contributed by atoms with van der Waals surface area (Å²) >= 11 is 0. The SMILES string of the molecule is Cc1ccccc1CC(=O)NCCCCCc1nc2ccccc2n1Cc1ccccc1C. The highest BCUT2D eigenvalue weighted by Gasteiger charge is 2.12. The van der Waals surface area contributed by atoms with Gasteiger partial charge in [0, 0.05) is 19.5 Å². The van der Waals surface area contributed by atoms with Gasteiger partial charge >= 0.3 is 0 Å². The molecule has 0 aliphatic carbocycles. The minimum absolute atomic E-state index is 0.101. The highest BCUT2D eigenvalue weighted by molar-refractivity contribution is 5.79. The number of carbonyl (C=O) groups is 1. The number of unbranched alkanes of at least 4 members (excludes halogenated alkanes) is 2. The third-order valence-electron chi connectivity index (χ3n) is 6.33. The van der Waals surface area contributed by atoms with Crippen molar-refractivity contribution < 1.29 is 4.79 Å². The number of rotatable bonds is 10. The summed E-state index contributed by atoms with van der Waals surface area (Å²) in [4.78, 5) is 17.2. The van der Waals surface area contributed by atoms with Gasteiger partial charge in [0.2, 0.25) is 5.91 Å². The van der Waals surface area contributed by atoms with Gasteiger partial charge in [0.25, 0.3) is 0 Å². The Kier molecular flexibility index (Phi) is 7.56. The summed E-state index contributed by atoms with van der Waals surface area (Å²) in [6, 6.07) is 25.0. The highest BCUT2D eigenvalue weighted by atomic mass is 16.1. The van der Waals surface area contributed by atoms with Crippen molar-refractivity contribution >= 4 is 16.9 Å². The molecule has 3 aromatic carbocycles. The summed E-state index contributed by atoms with van der Waals surface area (Å²) in [6.07, 6.45) is 4.51. The number of amides is 1. The lowest BCUT2D eigenvalue weighted by molar-refractivity contribution is -0.120. The zero-order valence-electron chi connectivity index (χ0n) is 19.7. The van der Waals surface area contributed by atoms with Crippen LogP contribution in [0.3, 0.4) is 0 Å². The van der Waals surface area contributed by atoms with Crippen LogP contribution in [0.2, 0.25) is 0 Å². The molecular weight excluding hydrogens is 406 g/mol. The van der Waals surface area contributed by atoms with Crippen molar-refractivity contribution in [1.82, 2.24) is 14.9 Å². The predicted molar refractivity (Wildman–Crippen MR) is 135 cm³/mol. The number of fused-ring (bicyclic) bond motifs is 1. The Bertz CT molecular complexity index is 1220. The van der Waals surface area contributed by atoms with Gasteiger partial charge in [0.05, 0.1) is 17.5 Å². The van der Waals surface area contributed by atoms with Crippen molar-refractivity contribution in [1.29, 1.82) is 0 Å². The van der Waals surface area contributed by atoms with Crippen LogP contribution >= 0.6 is 0 Å². The molecule has 170 valence electrons. The molecule has 1 amide bonds. The fourth-order valence-electron chi connectivity index (χ4n) is 4.31. The third kappa shape index (κ3) is 5.89. The van der Waals surface area contributed by atoms with Gasteiger partial charge in [-0.25, -0.2) is 4.98 Å². The summed E-state index contributed by atoms with van der Waals surface area (Å²) < 4.78 is 2.36. The van der Waals surface area contributed by atoms with Gasteiger partial charge in [-0.05, 0) is 61.1 Å². The van der Waals surface area contributed by atoms with Crippen molar-refractivity contribution in [2.24, 2.45) is 0 Å². The molecular formula is C29H33N3O. The van der Waals surface area contributed by atoms with Crippen LogP contribution in [0.25, 0.3) is 11.0 Å². The van der Waals surface area contributed by atoms with Crippen molar-refractivity contribution in [2.45, 2.75) is 52.5 Å². The standard InChI is InChI=1S/C29H33N3O/c1-22-12-5-7-14-24(22)20-29(33)30-19-11-3-4-18-28-31-26-16-9-10-17-27(26)32(28)21-25-15-8-6-13-23(25)2/h5-10,12-17H,3-4,11,18-21H2,1-2H3,(H,30,33). The highest BCUT2D eigenvalue weighted by Crippen LogP contribution is 2.21. The number of para-hydroxylation sites is 2. The Hall–Kier alpha value is -3.40. The number of nitrogens with zero attached hydrogens (tertiary/aromatic N) is 2. The van der Waals surface area contributed by atoms with Gasteiger partial charge < -0.3 is 9.88 Å².